The van der Waals surface area contributed by atoms with Crippen LogP contribution in [0, 0.1) is 54.3 Å². The summed E-state index contributed by atoms with van der Waals surface area (Å²) in [5, 5.41) is 11.5. The Morgan fingerprint density at radius 3 is 1.13 bits per heavy atom. The van der Waals surface area contributed by atoms with Crippen LogP contribution in [0.4, 0.5) is 0 Å². The molecule has 10 atom stereocenters. The van der Waals surface area contributed by atoms with Crippen molar-refractivity contribution in [3.8, 4) is 5.75 Å². The van der Waals surface area contributed by atoms with Gasteiger partial charge in [0.2, 0.25) is 11.8 Å². The molecule has 1 N–H and O–H groups in total. The number of phenolic OH excluding ortho intramolecular Hbond substituents is 1. The molecule has 0 spiro atoms. The lowest BCUT2D eigenvalue weighted by molar-refractivity contribution is -0.226. The Hall–Kier alpha value is -7.84. The number of benzene rings is 4. The van der Waals surface area contributed by atoms with E-state index in [0.717, 1.165) is 101 Å². The number of aryl methyl sites for hydroxylation is 3. The van der Waals surface area contributed by atoms with Gasteiger partial charge in [0.1, 0.15) is 41.7 Å². The molecule has 616 valence electrons. The van der Waals surface area contributed by atoms with Gasteiger partial charge in [-0.25, -0.2) is 0 Å². The van der Waals surface area contributed by atoms with Crippen molar-refractivity contribution in [2.75, 3.05) is 65.4 Å². The zero-order valence-electron chi connectivity index (χ0n) is 72.3. The quantitative estimate of drug-likeness (QED) is 0.0412. The molecule has 112 heavy (non-hydrogen) atoms. The Morgan fingerprint density at radius 1 is 0.464 bits per heavy atom. The average Bonchev–Trinajstić information content (AvgIpc) is 0.767. The maximum absolute atomic E-state index is 13.7. The molecule has 0 radical (unpaired) electrons. The number of esters is 4. The Bertz CT molecular complexity index is 3790. The normalized spacial score (nSPS) is 22.4. The molecular weight excluding hydrogens is 1410 g/mol. The van der Waals surface area contributed by atoms with E-state index in [0.29, 0.717) is 51.0 Å². The van der Waals surface area contributed by atoms with Crippen LogP contribution in [0.15, 0.2) is 72.8 Å². The van der Waals surface area contributed by atoms with Gasteiger partial charge in [-0.15, -0.1) is 0 Å². The Balaban J connectivity index is 0.000000311. The smallest absolute Gasteiger partial charge is 0.303 e. The van der Waals surface area contributed by atoms with Crippen molar-refractivity contribution < 1.29 is 71.9 Å². The molecule has 4 aromatic carbocycles. The number of aromatic hydroxyl groups is 1. The number of hydrogen-bond acceptors (Lipinski definition) is 17. The maximum Gasteiger partial charge on any atom is 0.303 e. The van der Waals surface area contributed by atoms with Crippen LogP contribution in [0.3, 0.4) is 0 Å². The van der Waals surface area contributed by atoms with Crippen LogP contribution < -0.4 is 0 Å². The van der Waals surface area contributed by atoms with Gasteiger partial charge < -0.3 is 53.1 Å². The average molecular weight is 1550 g/mol. The van der Waals surface area contributed by atoms with Crippen LogP contribution in [0.2, 0.25) is 0 Å². The third-order valence-electron chi connectivity index (χ3n) is 23.7. The van der Waals surface area contributed by atoms with E-state index in [1.807, 2.05) is 122 Å². The summed E-state index contributed by atoms with van der Waals surface area (Å²) < 4.78 is 36.5. The fourth-order valence-corrected chi connectivity index (χ4v) is 16.4. The summed E-state index contributed by atoms with van der Waals surface area (Å²) in [4.78, 5) is 112. The summed E-state index contributed by atoms with van der Waals surface area (Å²) in [5.41, 5.74) is 10.1. The second-order valence-corrected chi connectivity index (χ2v) is 35.1. The van der Waals surface area contributed by atoms with Gasteiger partial charge >= 0.3 is 23.9 Å². The highest BCUT2D eigenvalue weighted by molar-refractivity contribution is 5.94. The molecular formula is C93H134N4O15. The number of Topliss-reactive ketones (excluding diaryl/α,β-unsaturated/α-hetero) is 2. The molecule has 19 nitrogen and oxygen atoms in total. The minimum absolute atomic E-state index is 0.0220. The van der Waals surface area contributed by atoms with Crippen molar-refractivity contribution in [3.63, 3.8) is 0 Å². The van der Waals surface area contributed by atoms with E-state index in [9.17, 15) is 43.5 Å². The Labute approximate surface area is 669 Å². The lowest BCUT2D eigenvalue weighted by atomic mass is 9.76. The van der Waals surface area contributed by atoms with E-state index >= 15 is 0 Å². The first-order valence-electron chi connectivity index (χ1n) is 41.0. The van der Waals surface area contributed by atoms with Crippen LogP contribution in [-0.4, -0.2) is 174 Å². The summed E-state index contributed by atoms with van der Waals surface area (Å²) >= 11 is 0. The lowest BCUT2D eigenvalue weighted by Gasteiger charge is -2.45. The molecule has 4 aliphatic rings. The number of allylic oxidation sites excluding steroid dienone is 2. The van der Waals surface area contributed by atoms with Gasteiger partial charge in [-0.05, 0) is 178 Å². The maximum atomic E-state index is 13.7. The summed E-state index contributed by atoms with van der Waals surface area (Å²) in [6.45, 7) is 55.8. The molecule has 0 saturated carbocycles. The first kappa shape index (κ1) is 91.3. The second-order valence-electron chi connectivity index (χ2n) is 35.1. The zero-order valence-corrected chi connectivity index (χ0v) is 72.3. The number of hydrogen-bond donors (Lipinski definition) is 1. The number of carbonyl (C=O) groups excluding carboxylic acids is 8. The summed E-state index contributed by atoms with van der Waals surface area (Å²) in [7, 11) is 0. The summed E-state index contributed by atoms with van der Waals surface area (Å²) in [6.07, 6.45) is 5.77. The fourth-order valence-electron chi connectivity index (χ4n) is 16.4. The molecule has 0 bridgehead atoms. The van der Waals surface area contributed by atoms with Gasteiger partial charge in [0.05, 0.1) is 23.0 Å². The van der Waals surface area contributed by atoms with Gasteiger partial charge in [-0.2, -0.15) is 0 Å². The Kier molecular flexibility index (Phi) is 31.8. The van der Waals surface area contributed by atoms with E-state index in [1.54, 1.807) is 6.07 Å². The van der Waals surface area contributed by atoms with E-state index < -0.39 is 82.2 Å². The molecule has 0 aromatic heterocycles. The van der Waals surface area contributed by atoms with E-state index in [-0.39, 0.29) is 77.9 Å². The SMILES string of the molecule is CC[C@H]1O[C@@H](c2cc(Cc3ccc(/C=C/C(C)(C)C(=O)CC(C)(C)C(=O)N4CCN(CC)CC4)cc3C)c(C(C)C)cc2C)[C@H](OC(C)=O)[C@@H](OC(C)=O)[C@@H]1C.CC[C@H]1O[C@@H](c2cc(Cc3ccc(/C=C/C(C)(C)C(=O)CC(C)(C)C(=O)N4CCN(CC)CC4)cc3C)c(C(C)C)cc2O)[C@H](OC(C)=O)[C@@H](OC(C)=O)[C@@H]1C. The van der Waals surface area contributed by atoms with Crippen LogP contribution in [0.5, 0.6) is 5.75 Å². The summed E-state index contributed by atoms with van der Waals surface area (Å²) in [5.74, 6) is -1.73. The van der Waals surface area contributed by atoms with Crippen molar-refractivity contribution in [2.24, 2.45) is 33.5 Å². The lowest BCUT2D eigenvalue weighted by Crippen LogP contribution is -2.53. The van der Waals surface area contributed by atoms with Gasteiger partial charge in [0, 0.05) is 121 Å². The standard InChI is InChI=1S/C47H68N2O7.C46H66N2O8/c1-14-40-32(7)42(54-33(8)50)44(55-34(9)51)43(56-40)39-27-37(38(29(3)4)25-31(39)6)26-36-17-16-35(24-30(36)5)18-19-46(10,11)41(52)28-47(12,13)45(53)49-22-20-48(15-2)21-23-49;1-13-39-30(6)41(54-31(7)49)43(55-32(8)50)42(56-39)37-25-35(36(28(3)4)26-38(37)51)24-34-16-15-33(23-29(34)5)17-18-45(9,10)40(52)27-46(11,12)44(53)48-21-19-47(14-2)20-22-48/h16-19,24-25,27,29,32,40,42-44H,14-15,20-23,26,28H2,1-13H3;15-18,23,25-26,28,30,39,41-43,51H,13-14,19-22,24,27H2,1-12H3/b19-18+;18-17+/t32-,40-,42+,43+,44-;30-,39-,41+,42+,43-/m11/s1. The predicted molar refractivity (Wildman–Crippen MR) is 442 cm³/mol. The minimum atomic E-state index is -0.949. The van der Waals surface area contributed by atoms with Gasteiger partial charge in [0.15, 0.2) is 12.2 Å². The highest BCUT2D eigenvalue weighted by Gasteiger charge is 2.51. The van der Waals surface area contributed by atoms with Crippen molar-refractivity contribution in [1.82, 2.24) is 19.6 Å². The zero-order chi connectivity index (χ0) is 83.4. The molecule has 4 aromatic rings. The topological polar surface area (TPSA) is 225 Å². The van der Waals surface area contributed by atoms with Crippen molar-refractivity contribution in [3.05, 3.63) is 145 Å². The fraction of sp³-hybridized carbons (Fsp3) is 0.613. The molecule has 0 aliphatic carbocycles. The van der Waals surface area contributed by atoms with Crippen molar-refractivity contribution in [2.45, 2.75) is 272 Å². The Morgan fingerprint density at radius 2 is 0.804 bits per heavy atom. The molecule has 8 rings (SSSR count). The highest BCUT2D eigenvalue weighted by atomic mass is 16.6. The van der Waals surface area contributed by atoms with E-state index in [2.05, 4.69) is 122 Å². The van der Waals surface area contributed by atoms with Crippen LogP contribution in [-0.2, 0) is 79.6 Å². The predicted octanol–water partition coefficient (Wildman–Crippen LogP) is 16.5. The third-order valence-corrected chi connectivity index (χ3v) is 23.7. The number of ketones is 2. The minimum Gasteiger partial charge on any atom is -0.508 e. The second kappa shape index (κ2) is 39.0. The first-order valence-corrected chi connectivity index (χ1v) is 41.0. The first-order chi connectivity index (χ1) is 52.4. The number of likely N-dealkylation sites (N-methyl/N-ethyl adjacent to an activating group) is 2. The molecule has 4 aliphatic heterocycles. The molecule has 4 fully saturated rings. The molecule has 4 saturated heterocycles. The summed E-state index contributed by atoms with van der Waals surface area (Å²) in [6, 6.07) is 20.7. The van der Waals surface area contributed by atoms with E-state index in [4.69, 9.17) is 28.4 Å². The number of piperazine rings is 2. The monoisotopic (exact) mass is 1550 g/mol. The number of amides is 2. The highest BCUT2D eigenvalue weighted by Crippen LogP contribution is 2.46. The van der Waals surface area contributed by atoms with Gasteiger partial charge in [0.25, 0.3) is 0 Å². The van der Waals surface area contributed by atoms with Crippen LogP contribution in [0.1, 0.15) is 274 Å². The van der Waals surface area contributed by atoms with E-state index in [1.165, 1.54) is 38.8 Å². The molecule has 0 unspecified atom stereocenters. The number of ether oxygens (including phenoxy) is 6. The van der Waals surface area contributed by atoms with Crippen LogP contribution in [0.25, 0.3) is 12.2 Å². The number of nitrogens with zero attached hydrogens (tertiary/aromatic N) is 4. The number of rotatable bonds is 28. The van der Waals surface area contributed by atoms with Gasteiger partial charge in [-0.3, -0.25) is 38.4 Å². The van der Waals surface area contributed by atoms with Crippen molar-refractivity contribution >= 4 is 59.4 Å². The third kappa shape index (κ3) is 23.2. The van der Waals surface area contributed by atoms with Crippen LogP contribution >= 0.6 is 0 Å². The number of carbonyl (C=O) groups is 8. The largest absolute Gasteiger partial charge is 0.508 e. The molecule has 4 heterocycles. The molecule has 19 heteroatoms. The number of phenols is 1. The molecule has 2 amide bonds. The van der Waals surface area contributed by atoms with Crippen molar-refractivity contribution in [1.29, 1.82) is 0 Å². The van der Waals surface area contributed by atoms with Gasteiger partial charge in [-0.1, -0.05) is 170 Å².